The molecule has 2 aromatic carbocycles. The highest BCUT2D eigenvalue weighted by molar-refractivity contribution is 6.05. The molecule has 4 heterocycles. The molecule has 10 nitrogen and oxygen atoms in total. The first-order valence-electron chi connectivity index (χ1n) is 20.2. The topological polar surface area (TPSA) is 112 Å². The summed E-state index contributed by atoms with van der Waals surface area (Å²) in [5.74, 6) is -0.959. The fraction of sp³-hybridized carbons (Fsp3) is 0.628. The van der Waals surface area contributed by atoms with Crippen LogP contribution in [0.1, 0.15) is 75.3 Å². The van der Waals surface area contributed by atoms with E-state index in [4.69, 9.17) is 18.9 Å². The predicted molar refractivity (Wildman–Crippen MR) is 190 cm³/mol. The Balaban J connectivity index is 0.907. The molecule has 9 aliphatic rings. The molecule has 4 aliphatic heterocycles. The standard InChI is InChI=1S/C43H48N2O8/c1-44-39(46)25-17-35-37(19-27(25)41(44)48)52-33-15-21(11-13-31(33)50-35)43(29-9-5-3-7-23(29)24-8-4-6-10-30(24)43)22-12-14-32-34(16-22)53-38-20-28-26(18-36(38)51-32)40(47)45(2)42(28)49/h3-10,21-22,25-28,31-38H,11-20H2,1-2H3. The highest BCUT2D eigenvalue weighted by Crippen LogP contribution is 2.63. The van der Waals surface area contributed by atoms with Crippen molar-refractivity contribution in [1.29, 1.82) is 0 Å². The van der Waals surface area contributed by atoms with Crippen LogP contribution in [0.15, 0.2) is 48.5 Å². The molecule has 278 valence electrons. The second kappa shape index (κ2) is 11.8. The molecule has 53 heavy (non-hydrogen) atoms. The van der Waals surface area contributed by atoms with Gasteiger partial charge >= 0.3 is 0 Å². The van der Waals surface area contributed by atoms with E-state index < -0.39 is 0 Å². The molecule has 4 saturated heterocycles. The van der Waals surface area contributed by atoms with E-state index in [-0.39, 0.29) is 113 Å². The molecule has 11 rings (SSSR count). The molecule has 4 saturated carbocycles. The SMILES string of the molecule is CN1C(=O)C2CC3OC4CCC(C5(C6CCC7OC8CC9C(=O)N(C)C(=O)C9CC8OC7C6)c6ccccc6-c6ccccc65)CC4OC3CC2C1=O. The lowest BCUT2D eigenvalue weighted by atomic mass is 9.53. The van der Waals surface area contributed by atoms with Gasteiger partial charge in [0.1, 0.15) is 0 Å². The summed E-state index contributed by atoms with van der Waals surface area (Å²) < 4.78 is 27.7. The summed E-state index contributed by atoms with van der Waals surface area (Å²) in [6.45, 7) is 0. The van der Waals surface area contributed by atoms with E-state index in [1.54, 1.807) is 14.1 Å². The third kappa shape index (κ3) is 4.52. The van der Waals surface area contributed by atoms with Crippen LogP contribution in [0.25, 0.3) is 11.1 Å². The molecule has 0 N–H and O–H groups in total. The number of rotatable bonds is 2. The van der Waals surface area contributed by atoms with Crippen molar-refractivity contribution in [2.45, 2.75) is 118 Å². The van der Waals surface area contributed by atoms with Gasteiger partial charge in [0, 0.05) is 19.5 Å². The van der Waals surface area contributed by atoms with Crippen LogP contribution in [0.2, 0.25) is 0 Å². The number of imide groups is 2. The Morgan fingerprint density at radius 2 is 0.774 bits per heavy atom. The summed E-state index contributed by atoms with van der Waals surface area (Å²) in [5, 5.41) is 0. The molecule has 0 aromatic heterocycles. The zero-order valence-electron chi connectivity index (χ0n) is 30.4. The zero-order chi connectivity index (χ0) is 35.9. The number of likely N-dealkylation sites (tertiary alicyclic amines) is 2. The predicted octanol–water partition coefficient (Wildman–Crippen LogP) is 4.65. The van der Waals surface area contributed by atoms with Crippen molar-refractivity contribution < 1.29 is 38.1 Å². The summed E-state index contributed by atoms with van der Waals surface area (Å²) in [7, 11) is 3.21. The molecule has 8 fully saturated rings. The number of carbonyl (C=O) groups excluding carboxylic acids is 4. The van der Waals surface area contributed by atoms with Crippen molar-refractivity contribution in [1.82, 2.24) is 9.80 Å². The third-order valence-electron chi connectivity index (χ3n) is 15.5. The summed E-state index contributed by atoms with van der Waals surface area (Å²) in [5.41, 5.74) is 5.16. The number of fused-ring (bicyclic) bond motifs is 9. The Morgan fingerprint density at radius 3 is 1.15 bits per heavy atom. The second-order valence-electron chi connectivity index (χ2n) is 17.7. The van der Waals surface area contributed by atoms with Gasteiger partial charge in [-0.25, -0.2) is 0 Å². The number of benzene rings is 2. The molecule has 10 heteroatoms. The molecule has 0 spiro atoms. The van der Waals surface area contributed by atoms with E-state index in [0.29, 0.717) is 25.7 Å². The fourth-order valence-corrected chi connectivity index (χ4v) is 13.2. The van der Waals surface area contributed by atoms with Gasteiger partial charge in [0.05, 0.1) is 72.5 Å². The maximum Gasteiger partial charge on any atom is 0.232 e. The van der Waals surface area contributed by atoms with Gasteiger partial charge in [-0.15, -0.1) is 0 Å². The van der Waals surface area contributed by atoms with Gasteiger partial charge in [-0.1, -0.05) is 48.5 Å². The van der Waals surface area contributed by atoms with Crippen molar-refractivity contribution in [2.24, 2.45) is 35.5 Å². The van der Waals surface area contributed by atoms with Crippen LogP contribution in [0, 0.1) is 35.5 Å². The second-order valence-corrected chi connectivity index (χ2v) is 17.7. The van der Waals surface area contributed by atoms with Gasteiger partial charge in [-0.2, -0.15) is 0 Å². The molecule has 2 aromatic rings. The number of ether oxygens (including phenoxy) is 4. The van der Waals surface area contributed by atoms with Crippen molar-refractivity contribution in [2.75, 3.05) is 14.1 Å². The highest BCUT2D eigenvalue weighted by Gasteiger charge is 2.61. The quantitative estimate of drug-likeness (QED) is 0.413. The molecule has 14 unspecified atom stereocenters. The van der Waals surface area contributed by atoms with E-state index in [1.807, 2.05) is 0 Å². The van der Waals surface area contributed by atoms with Gasteiger partial charge in [0.25, 0.3) is 0 Å². The van der Waals surface area contributed by atoms with Crippen LogP contribution >= 0.6 is 0 Å². The summed E-state index contributed by atoms with van der Waals surface area (Å²) in [6.07, 6.45) is 6.75. The molecule has 0 radical (unpaired) electrons. The van der Waals surface area contributed by atoms with Crippen LogP contribution in [-0.4, -0.2) is 96.4 Å². The number of amides is 4. The largest absolute Gasteiger partial charge is 0.370 e. The lowest BCUT2D eigenvalue weighted by Gasteiger charge is -2.56. The van der Waals surface area contributed by atoms with E-state index in [9.17, 15) is 19.2 Å². The Kier molecular flexibility index (Phi) is 7.32. The molecule has 0 bridgehead atoms. The maximum absolute atomic E-state index is 13.0. The van der Waals surface area contributed by atoms with Crippen molar-refractivity contribution >= 4 is 23.6 Å². The number of carbonyl (C=O) groups is 4. The van der Waals surface area contributed by atoms with Gasteiger partial charge in [-0.3, -0.25) is 29.0 Å². The fourth-order valence-electron chi connectivity index (χ4n) is 13.2. The highest BCUT2D eigenvalue weighted by atomic mass is 16.6. The van der Waals surface area contributed by atoms with Crippen molar-refractivity contribution in [3.63, 3.8) is 0 Å². The lowest BCUT2D eigenvalue weighted by molar-refractivity contribution is -0.258. The third-order valence-corrected chi connectivity index (χ3v) is 15.5. The van der Waals surface area contributed by atoms with Gasteiger partial charge in [-0.05, 0) is 98.3 Å². The van der Waals surface area contributed by atoms with Gasteiger partial charge < -0.3 is 18.9 Å². The Hall–Kier alpha value is -3.44. The molecule has 4 amide bonds. The van der Waals surface area contributed by atoms with Gasteiger partial charge in [0.15, 0.2) is 0 Å². The average molecular weight is 721 g/mol. The van der Waals surface area contributed by atoms with Crippen molar-refractivity contribution in [3.8, 4) is 11.1 Å². The maximum atomic E-state index is 13.0. The minimum absolute atomic E-state index is 0.0278. The smallest absolute Gasteiger partial charge is 0.232 e. The monoisotopic (exact) mass is 720 g/mol. The zero-order valence-corrected chi connectivity index (χ0v) is 30.4. The number of hydrogen-bond donors (Lipinski definition) is 0. The van der Waals surface area contributed by atoms with E-state index in [0.717, 1.165) is 38.5 Å². The minimum atomic E-state index is -0.316. The van der Waals surface area contributed by atoms with Crippen LogP contribution < -0.4 is 0 Å². The number of nitrogens with zero attached hydrogens (tertiary/aromatic N) is 2. The minimum Gasteiger partial charge on any atom is -0.370 e. The first-order valence-corrected chi connectivity index (χ1v) is 20.2. The van der Waals surface area contributed by atoms with Crippen LogP contribution in [-0.2, 0) is 43.5 Å². The van der Waals surface area contributed by atoms with Crippen LogP contribution in [0.5, 0.6) is 0 Å². The lowest BCUT2D eigenvalue weighted by Crippen LogP contribution is -2.59. The first-order chi connectivity index (χ1) is 25.7. The Morgan fingerprint density at radius 1 is 0.453 bits per heavy atom. The normalized spacial score (nSPS) is 43.6. The average Bonchev–Trinajstić information content (AvgIpc) is 3.68. The molecular weight excluding hydrogens is 672 g/mol. The van der Waals surface area contributed by atoms with Crippen molar-refractivity contribution in [3.05, 3.63) is 59.7 Å². The van der Waals surface area contributed by atoms with Gasteiger partial charge in [0.2, 0.25) is 23.6 Å². The summed E-state index contributed by atoms with van der Waals surface area (Å²) in [6, 6.07) is 18.0. The number of hydrogen-bond acceptors (Lipinski definition) is 8. The molecule has 14 atom stereocenters. The Labute approximate surface area is 309 Å². The Bertz CT molecular complexity index is 1780. The summed E-state index contributed by atoms with van der Waals surface area (Å²) >= 11 is 0. The van der Waals surface area contributed by atoms with E-state index in [1.165, 1.54) is 32.1 Å². The first kappa shape index (κ1) is 32.9. The van der Waals surface area contributed by atoms with Crippen LogP contribution in [0.4, 0.5) is 0 Å². The summed E-state index contributed by atoms with van der Waals surface area (Å²) in [4.78, 5) is 54.4. The van der Waals surface area contributed by atoms with Crippen LogP contribution in [0.3, 0.4) is 0 Å². The van der Waals surface area contributed by atoms with E-state index in [2.05, 4.69) is 48.5 Å². The molecule has 5 aliphatic carbocycles. The molecular formula is C43H48N2O8. The van der Waals surface area contributed by atoms with E-state index >= 15 is 0 Å².